The van der Waals surface area contributed by atoms with E-state index in [1.165, 1.54) is 6.07 Å². The molecular weight excluding hydrogens is 299 g/mol. The lowest BCUT2D eigenvalue weighted by Crippen LogP contribution is -2.19. The van der Waals surface area contributed by atoms with E-state index in [0.717, 1.165) is 0 Å². The lowest BCUT2D eigenvalue weighted by molar-refractivity contribution is 0.0695. The smallest absolute Gasteiger partial charge is 0.336 e. The molecule has 0 spiro atoms. The Labute approximate surface area is 126 Å². The number of benzene rings is 1. The van der Waals surface area contributed by atoms with Crippen LogP contribution in [-0.4, -0.2) is 23.1 Å². The number of aromatic carboxylic acids is 1. The maximum absolute atomic E-state index is 11.2. The molecule has 104 valence electrons. The minimum Gasteiger partial charge on any atom is -0.478 e. The summed E-state index contributed by atoms with van der Waals surface area (Å²) in [6.45, 7) is 0.410. The fraction of sp³-hybridized carbons (Fsp3) is 0.143. The molecule has 0 unspecified atom stereocenters. The lowest BCUT2D eigenvalue weighted by atomic mass is 10.1. The van der Waals surface area contributed by atoms with Crippen LogP contribution >= 0.6 is 23.2 Å². The summed E-state index contributed by atoms with van der Waals surface area (Å²) in [5.74, 6) is -0.291. The largest absolute Gasteiger partial charge is 0.478 e. The number of carbonyl (C=O) groups is 1. The van der Waals surface area contributed by atoms with Gasteiger partial charge in [0.05, 0.1) is 10.6 Å². The van der Waals surface area contributed by atoms with Gasteiger partial charge in [0, 0.05) is 24.8 Å². The molecule has 0 atom stereocenters. The van der Waals surface area contributed by atoms with Gasteiger partial charge in [-0.1, -0.05) is 29.3 Å². The average Bonchev–Trinajstić information content (AvgIpc) is 2.41. The molecule has 0 fully saturated rings. The summed E-state index contributed by atoms with van der Waals surface area (Å²) in [7, 11) is 1.83. The topological polar surface area (TPSA) is 53.4 Å². The van der Waals surface area contributed by atoms with E-state index in [1.807, 2.05) is 11.9 Å². The monoisotopic (exact) mass is 310 g/mol. The predicted octanol–water partition coefficient (Wildman–Crippen LogP) is 3.72. The number of halogens is 2. The second kappa shape index (κ2) is 6.11. The highest BCUT2D eigenvalue weighted by molar-refractivity contribution is 6.31. The summed E-state index contributed by atoms with van der Waals surface area (Å²) in [6, 6.07) is 8.34. The Kier molecular flexibility index (Phi) is 4.47. The van der Waals surface area contributed by atoms with Crippen LogP contribution in [0.3, 0.4) is 0 Å². The molecule has 0 bridgehead atoms. The van der Waals surface area contributed by atoms with Crippen molar-refractivity contribution < 1.29 is 9.90 Å². The molecule has 0 radical (unpaired) electrons. The number of hydrogen-bond acceptors (Lipinski definition) is 3. The third-order valence-electron chi connectivity index (χ3n) is 2.81. The van der Waals surface area contributed by atoms with Gasteiger partial charge in [0.15, 0.2) is 0 Å². The Balaban J connectivity index is 2.25. The van der Waals surface area contributed by atoms with Crippen molar-refractivity contribution in [2.45, 2.75) is 6.54 Å². The van der Waals surface area contributed by atoms with Crippen LogP contribution in [0.1, 0.15) is 15.9 Å². The molecule has 6 heteroatoms. The lowest BCUT2D eigenvalue weighted by Gasteiger charge is -2.19. The quantitative estimate of drug-likeness (QED) is 0.935. The minimum atomic E-state index is -1.00. The van der Waals surface area contributed by atoms with Crippen molar-refractivity contribution in [2.24, 2.45) is 0 Å². The summed E-state index contributed by atoms with van der Waals surface area (Å²) >= 11 is 11.6. The van der Waals surface area contributed by atoms with Crippen LogP contribution in [-0.2, 0) is 6.54 Å². The van der Waals surface area contributed by atoms with Crippen LogP contribution in [0.5, 0.6) is 0 Å². The summed E-state index contributed by atoms with van der Waals surface area (Å²) in [4.78, 5) is 17.3. The second-order valence-corrected chi connectivity index (χ2v) is 5.17. The van der Waals surface area contributed by atoms with E-state index < -0.39 is 5.97 Å². The number of pyridine rings is 1. The first-order chi connectivity index (χ1) is 9.47. The summed E-state index contributed by atoms with van der Waals surface area (Å²) in [5, 5.41) is 10.2. The number of anilines is 1. The fourth-order valence-corrected chi connectivity index (χ4v) is 2.10. The van der Waals surface area contributed by atoms with E-state index in [0.29, 0.717) is 28.0 Å². The number of hydrogen-bond donors (Lipinski definition) is 1. The SMILES string of the molecule is CN(Cc1ccc(Cl)cc1C(=O)O)c1ccc(Cl)cn1. The van der Waals surface area contributed by atoms with Gasteiger partial charge in [-0.05, 0) is 29.8 Å². The third kappa shape index (κ3) is 3.40. The molecule has 20 heavy (non-hydrogen) atoms. The molecule has 2 aromatic rings. The first-order valence-corrected chi connectivity index (χ1v) is 6.57. The first-order valence-electron chi connectivity index (χ1n) is 5.82. The zero-order valence-electron chi connectivity index (χ0n) is 10.7. The van der Waals surface area contributed by atoms with E-state index in [4.69, 9.17) is 23.2 Å². The molecule has 4 nitrogen and oxygen atoms in total. The Hall–Kier alpha value is -1.78. The molecule has 0 aliphatic rings. The van der Waals surface area contributed by atoms with E-state index in [-0.39, 0.29) is 5.56 Å². The molecule has 1 aromatic heterocycles. The summed E-state index contributed by atoms with van der Waals surface area (Å²) in [6.07, 6.45) is 1.55. The van der Waals surface area contributed by atoms with E-state index in [2.05, 4.69) is 4.98 Å². The highest BCUT2D eigenvalue weighted by Crippen LogP contribution is 2.20. The van der Waals surface area contributed by atoms with Crippen LogP contribution in [0.2, 0.25) is 10.0 Å². The van der Waals surface area contributed by atoms with Crippen molar-refractivity contribution in [3.8, 4) is 0 Å². The molecule has 1 aromatic carbocycles. The van der Waals surface area contributed by atoms with E-state index in [9.17, 15) is 9.90 Å². The summed E-state index contributed by atoms with van der Waals surface area (Å²) in [5.41, 5.74) is 0.861. The van der Waals surface area contributed by atoms with Gasteiger partial charge >= 0.3 is 5.97 Å². The Morgan fingerprint density at radius 2 is 1.95 bits per heavy atom. The molecule has 2 rings (SSSR count). The molecule has 1 N–H and O–H groups in total. The Bertz CT molecular complexity index is 630. The second-order valence-electron chi connectivity index (χ2n) is 4.30. The Morgan fingerprint density at radius 1 is 1.25 bits per heavy atom. The number of carboxylic acid groups (broad SMARTS) is 1. The zero-order chi connectivity index (χ0) is 14.7. The minimum absolute atomic E-state index is 0.193. The maximum Gasteiger partial charge on any atom is 0.336 e. The number of carboxylic acids is 1. The molecule has 1 heterocycles. The Morgan fingerprint density at radius 3 is 2.55 bits per heavy atom. The predicted molar refractivity (Wildman–Crippen MR) is 79.8 cm³/mol. The number of nitrogens with zero attached hydrogens (tertiary/aromatic N) is 2. The molecule has 0 saturated carbocycles. The highest BCUT2D eigenvalue weighted by atomic mass is 35.5. The van der Waals surface area contributed by atoms with E-state index >= 15 is 0 Å². The van der Waals surface area contributed by atoms with Crippen molar-refractivity contribution in [1.82, 2.24) is 4.98 Å². The van der Waals surface area contributed by atoms with Gasteiger partial charge in [-0.3, -0.25) is 0 Å². The van der Waals surface area contributed by atoms with E-state index in [1.54, 1.807) is 30.5 Å². The van der Waals surface area contributed by atoms with Crippen LogP contribution in [0, 0.1) is 0 Å². The van der Waals surface area contributed by atoms with Gasteiger partial charge in [-0.2, -0.15) is 0 Å². The number of rotatable bonds is 4. The average molecular weight is 311 g/mol. The van der Waals surface area contributed by atoms with Crippen molar-refractivity contribution >= 4 is 35.0 Å². The van der Waals surface area contributed by atoms with Gasteiger partial charge < -0.3 is 10.0 Å². The standard InChI is InChI=1S/C14H12Cl2N2O2/c1-18(13-5-4-11(16)7-17-13)8-9-2-3-10(15)6-12(9)14(19)20/h2-7H,8H2,1H3,(H,19,20). The molecule has 0 aliphatic carbocycles. The zero-order valence-corrected chi connectivity index (χ0v) is 12.2. The highest BCUT2D eigenvalue weighted by Gasteiger charge is 2.13. The van der Waals surface area contributed by atoms with Gasteiger partial charge in [-0.25, -0.2) is 9.78 Å². The van der Waals surface area contributed by atoms with Crippen LogP contribution in [0.15, 0.2) is 36.5 Å². The molecule has 0 saturated heterocycles. The van der Waals surface area contributed by atoms with Crippen molar-refractivity contribution in [3.05, 3.63) is 57.7 Å². The normalized spacial score (nSPS) is 10.3. The summed E-state index contributed by atoms with van der Waals surface area (Å²) < 4.78 is 0. The molecule has 0 amide bonds. The van der Waals surface area contributed by atoms with Gasteiger partial charge in [0.1, 0.15) is 5.82 Å². The van der Waals surface area contributed by atoms with Gasteiger partial charge in [0.25, 0.3) is 0 Å². The molecule has 0 aliphatic heterocycles. The van der Waals surface area contributed by atoms with Crippen LogP contribution < -0.4 is 4.90 Å². The first kappa shape index (κ1) is 14.6. The van der Waals surface area contributed by atoms with Crippen molar-refractivity contribution in [1.29, 1.82) is 0 Å². The van der Waals surface area contributed by atoms with Gasteiger partial charge in [-0.15, -0.1) is 0 Å². The fourth-order valence-electron chi connectivity index (χ4n) is 1.82. The van der Waals surface area contributed by atoms with Gasteiger partial charge in [0.2, 0.25) is 0 Å². The van der Waals surface area contributed by atoms with Crippen LogP contribution in [0.4, 0.5) is 5.82 Å². The maximum atomic E-state index is 11.2. The van der Waals surface area contributed by atoms with Crippen LogP contribution in [0.25, 0.3) is 0 Å². The molecular formula is C14H12Cl2N2O2. The third-order valence-corrected chi connectivity index (χ3v) is 3.27. The van der Waals surface area contributed by atoms with Crippen molar-refractivity contribution in [2.75, 3.05) is 11.9 Å². The van der Waals surface area contributed by atoms with Crippen molar-refractivity contribution in [3.63, 3.8) is 0 Å². The number of aromatic nitrogens is 1.